The van der Waals surface area contributed by atoms with Gasteiger partial charge in [-0.15, -0.1) is 0 Å². The van der Waals surface area contributed by atoms with E-state index in [0.29, 0.717) is 11.8 Å². The Bertz CT molecular complexity index is 220. The zero-order valence-corrected chi connectivity index (χ0v) is 9.49. The molecule has 0 aromatic carbocycles. The highest BCUT2D eigenvalue weighted by molar-refractivity contribution is 5.87. The van der Waals surface area contributed by atoms with Crippen LogP contribution in [0.25, 0.3) is 0 Å². The first-order chi connectivity index (χ1) is 6.65. The molecule has 1 saturated heterocycles. The molecule has 0 saturated carbocycles. The lowest BCUT2D eigenvalue weighted by Gasteiger charge is -2.34. The number of carbonyl (C=O) groups excluding carboxylic acids is 1. The lowest BCUT2D eigenvalue weighted by molar-refractivity contribution is -0.128. The molecule has 0 aromatic rings. The fourth-order valence-corrected chi connectivity index (χ4v) is 2.00. The van der Waals surface area contributed by atoms with Gasteiger partial charge >= 0.3 is 0 Å². The van der Waals surface area contributed by atoms with Crippen LogP contribution in [0.4, 0.5) is 0 Å². The quantitative estimate of drug-likeness (QED) is 0.620. The second kappa shape index (κ2) is 5.18. The van der Waals surface area contributed by atoms with Crippen LogP contribution in [0.2, 0.25) is 0 Å². The predicted molar refractivity (Wildman–Crippen MR) is 59.0 cm³/mol. The maximum absolute atomic E-state index is 11.6. The molecule has 0 bridgehead atoms. The van der Waals surface area contributed by atoms with Crippen LogP contribution >= 0.6 is 0 Å². The molecule has 80 valence electrons. The standard InChI is InChI=1S/C12H21NO/c1-4-6-12(14)13-8-5-7-11(9-13)10(2)3/h4,6,10-11H,5,7-9H2,1-3H3/b6-4+/t11-/m0/s1. The van der Waals surface area contributed by atoms with Gasteiger partial charge in [-0.2, -0.15) is 0 Å². The van der Waals surface area contributed by atoms with Crippen molar-refractivity contribution in [2.24, 2.45) is 11.8 Å². The molecule has 0 unspecified atom stereocenters. The molecule has 1 fully saturated rings. The van der Waals surface area contributed by atoms with Gasteiger partial charge in [0.2, 0.25) is 5.91 Å². The number of likely N-dealkylation sites (tertiary alicyclic amines) is 1. The third-order valence-corrected chi connectivity index (χ3v) is 3.02. The zero-order chi connectivity index (χ0) is 10.6. The molecular formula is C12H21NO. The largest absolute Gasteiger partial charge is 0.339 e. The molecule has 0 spiro atoms. The van der Waals surface area contributed by atoms with E-state index >= 15 is 0 Å². The Kier molecular flexibility index (Phi) is 4.18. The minimum atomic E-state index is 0.179. The van der Waals surface area contributed by atoms with Gasteiger partial charge in [-0.3, -0.25) is 4.79 Å². The Morgan fingerprint density at radius 1 is 1.50 bits per heavy atom. The van der Waals surface area contributed by atoms with Crippen molar-refractivity contribution in [2.75, 3.05) is 13.1 Å². The molecule has 1 rings (SSSR count). The molecule has 1 amide bonds. The first-order valence-corrected chi connectivity index (χ1v) is 5.56. The first-order valence-electron chi connectivity index (χ1n) is 5.56. The van der Waals surface area contributed by atoms with Crippen molar-refractivity contribution in [1.82, 2.24) is 4.90 Å². The molecule has 14 heavy (non-hydrogen) atoms. The van der Waals surface area contributed by atoms with Crippen LogP contribution in [-0.2, 0) is 4.79 Å². The lowest BCUT2D eigenvalue weighted by Crippen LogP contribution is -2.40. The summed E-state index contributed by atoms with van der Waals surface area (Å²) in [5.41, 5.74) is 0. The zero-order valence-electron chi connectivity index (χ0n) is 9.49. The topological polar surface area (TPSA) is 20.3 Å². The Hall–Kier alpha value is -0.790. The summed E-state index contributed by atoms with van der Waals surface area (Å²) in [6, 6.07) is 0. The number of rotatable bonds is 2. The van der Waals surface area contributed by atoms with Gasteiger partial charge in [0.1, 0.15) is 0 Å². The number of piperidine rings is 1. The Morgan fingerprint density at radius 2 is 2.21 bits per heavy atom. The molecule has 0 N–H and O–H groups in total. The minimum Gasteiger partial charge on any atom is -0.339 e. The fraction of sp³-hybridized carbons (Fsp3) is 0.750. The van der Waals surface area contributed by atoms with Crippen molar-refractivity contribution in [3.63, 3.8) is 0 Å². The Balaban J connectivity index is 2.51. The summed E-state index contributed by atoms with van der Waals surface area (Å²) in [5.74, 6) is 1.56. The maximum atomic E-state index is 11.6. The average Bonchev–Trinajstić information content (AvgIpc) is 2.18. The summed E-state index contributed by atoms with van der Waals surface area (Å²) in [6.07, 6.45) is 5.92. The van der Waals surface area contributed by atoms with Crippen molar-refractivity contribution in [2.45, 2.75) is 33.6 Å². The molecule has 1 aliphatic rings. The lowest BCUT2D eigenvalue weighted by atomic mass is 9.88. The molecule has 1 atom stereocenters. The first kappa shape index (κ1) is 11.3. The van der Waals surface area contributed by atoms with Gasteiger partial charge in [0.25, 0.3) is 0 Å². The summed E-state index contributed by atoms with van der Waals surface area (Å²) in [7, 11) is 0. The van der Waals surface area contributed by atoms with E-state index in [1.165, 1.54) is 6.42 Å². The molecule has 1 aliphatic heterocycles. The van der Waals surface area contributed by atoms with Crippen molar-refractivity contribution >= 4 is 5.91 Å². The Labute approximate surface area is 87.0 Å². The van der Waals surface area contributed by atoms with Crippen molar-refractivity contribution in [1.29, 1.82) is 0 Å². The third-order valence-electron chi connectivity index (χ3n) is 3.02. The van der Waals surface area contributed by atoms with Crippen molar-refractivity contribution < 1.29 is 4.79 Å². The van der Waals surface area contributed by atoms with Gasteiger partial charge in [-0.25, -0.2) is 0 Å². The molecule has 0 aliphatic carbocycles. The molecule has 1 heterocycles. The summed E-state index contributed by atoms with van der Waals surface area (Å²) in [5, 5.41) is 0. The molecule has 0 radical (unpaired) electrons. The number of allylic oxidation sites excluding steroid dienone is 1. The molecular weight excluding hydrogens is 174 g/mol. The number of hydrogen-bond donors (Lipinski definition) is 0. The van der Waals surface area contributed by atoms with Gasteiger partial charge in [-0.1, -0.05) is 19.9 Å². The van der Waals surface area contributed by atoms with E-state index in [1.807, 2.05) is 17.9 Å². The van der Waals surface area contributed by atoms with Crippen LogP contribution in [0.3, 0.4) is 0 Å². The second-order valence-electron chi connectivity index (χ2n) is 4.43. The van der Waals surface area contributed by atoms with Gasteiger partial charge in [0.05, 0.1) is 0 Å². The average molecular weight is 195 g/mol. The highest BCUT2D eigenvalue weighted by Crippen LogP contribution is 2.23. The van der Waals surface area contributed by atoms with Crippen LogP contribution in [0.15, 0.2) is 12.2 Å². The summed E-state index contributed by atoms with van der Waals surface area (Å²) < 4.78 is 0. The van der Waals surface area contributed by atoms with Gasteiger partial charge in [0.15, 0.2) is 0 Å². The van der Waals surface area contributed by atoms with Gasteiger partial charge in [0, 0.05) is 13.1 Å². The predicted octanol–water partition coefficient (Wildman–Crippen LogP) is 2.46. The van der Waals surface area contributed by atoms with Crippen LogP contribution in [-0.4, -0.2) is 23.9 Å². The van der Waals surface area contributed by atoms with Crippen LogP contribution in [0, 0.1) is 11.8 Å². The van der Waals surface area contributed by atoms with Crippen molar-refractivity contribution in [3.05, 3.63) is 12.2 Å². The molecule has 0 aromatic heterocycles. The Morgan fingerprint density at radius 3 is 2.79 bits per heavy atom. The van der Waals surface area contributed by atoms with E-state index in [1.54, 1.807) is 6.08 Å². The van der Waals surface area contributed by atoms with Gasteiger partial charge in [-0.05, 0) is 37.7 Å². The third kappa shape index (κ3) is 2.86. The van der Waals surface area contributed by atoms with Crippen molar-refractivity contribution in [3.8, 4) is 0 Å². The number of hydrogen-bond acceptors (Lipinski definition) is 1. The summed E-state index contributed by atoms with van der Waals surface area (Å²) in [4.78, 5) is 13.6. The minimum absolute atomic E-state index is 0.179. The van der Waals surface area contributed by atoms with Gasteiger partial charge < -0.3 is 4.90 Å². The number of nitrogens with zero attached hydrogens (tertiary/aromatic N) is 1. The summed E-state index contributed by atoms with van der Waals surface area (Å²) >= 11 is 0. The fourth-order valence-electron chi connectivity index (χ4n) is 2.00. The van der Waals surface area contributed by atoms with Crippen LogP contribution in [0.1, 0.15) is 33.6 Å². The highest BCUT2D eigenvalue weighted by Gasteiger charge is 2.23. The van der Waals surface area contributed by atoms with E-state index in [4.69, 9.17) is 0 Å². The summed E-state index contributed by atoms with van der Waals surface area (Å²) in [6.45, 7) is 8.26. The normalized spacial score (nSPS) is 23.4. The van der Waals surface area contributed by atoms with Crippen LogP contribution < -0.4 is 0 Å². The van der Waals surface area contributed by atoms with E-state index < -0.39 is 0 Å². The van der Waals surface area contributed by atoms with Crippen LogP contribution in [0.5, 0.6) is 0 Å². The molecule has 2 nitrogen and oxygen atoms in total. The van der Waals surface area contributed by atoms with E-state index in [9.17, 15) is 4.79 Å². The monoisotopic (exact) mass is 195 g/mol. The number of amides is 1. The molecule has 2 heteroatoms. The van der Waals surface area contributed by atoms with E-state index in [-0.39, 0.29) is 5.91 Å². The highest BCUT2D eigenvalue weighted by atomic mass is 16.2. The second-order valence-corrected chi connectivity index (χ2v) is 4.43. The SMILES string of the molecule is C/C=C/C(=O)N1CCC[C@H](C(C)C)C1. The number of carbonyl (C=O) groups is 1. The smallest absolute Gasteiger partial charge is 0.246 e. The maximum Gasteiger partial charge on any atom is 0.246 e. The van der Waals surface area contributed by atoms with E-state index in [2.05, 4.69) is 13.8 Å². The van der Waals surface area contributed by atoms with E-state index in [0.717, 1.165) is 19.5 Å².